The van der Waals surface area contributed by atoms with Crippen LogP contribution in [0.1, 0.15) is 57.4 Å². The zero-order valence-corrected chi connectivity index (χ0v) is 33.5. The highest BCUT2D eigenvalue weighted by atomic mass is 19.4. The monoisotopic (exact) mass is 812 g/mol. The van der Waals surface area contributed by atoms with Crippen molar-refractivity contribution >= 4 is 34.2 Å². The van der Waals surface area contributed by atoms with Crippen LogP contribution in [0.3, 0.4) is 0 Å². The number of hydrogen-bond acceptors (Lipinski definition) is 12. The van der Waals surface area contributed by atoms with Crippen molar-refractivity contribution in [3.63, 3.8) is 0 Å². The topological polar surface area (TPSA) is 151 Å². The van der Waals surface area contributed by atoms with Gasteiger partial charge in [0.25, 0.3) is 5.91 Å². The van der Waals surface area contributed by atoms with E-state index < -0.39 is 42.3 Å². The maximum atomic E-state index is 14.8. The number of halogens is 3. The number of fused-ring (bicyclic) bond motifs is 7. The van der Waals surface area contributed by atoms with Crippen LogP contribution in [0.2, 0.25) is 0 Å². The molecule has 5 aliphatic heterocycles. The Labute approximate surface area is 336 Å². The molecule has 4 fully saturated rings. The van der Waals surface area contributed by atoms with Gasteiger partial charge in [0, 0.05) is 73.4 Å². The molecule has 14 nitrogen and oxygen atoms in total. The number of cyclic esters (lactones) is 1. The first kappa shape index (κ1) is 40.8. The van der Waals surface area contributed by atoms with Gasteiger partial charge >= 0.3 is 12.1 Å². The smallest absolute Gasteiger partial charge is 0.406 e. The second-order valence-corrected chi connectivity index (χ2v) is 17.3. The maximum absolute atomic E-state index is 14.8. The molecular formula is C41H55F3N8O6. The number of aliphatic hydroxyl groups excluding tert-OH is 1. The zero-order chi connectivity index (χ0) is 40.9. The summed E-state index contributed by atoms with van der Waals surface area (Å²) in [4.78, 5) is 38.5. The van der Waals surface area contributed by atoms with Crippen molar-refractivity contribution in [1.82, 2.24) is 24.9 Å². The first-order valence-electron chi connectivity index (χ1n) is 20.5. The number of piperazine rings is 1. The average Bonchev–Trinajstić information content (AvgIpc) is 3.48. The van der Waals surface area contributed by atoms with Crippen molar-refractivity contribution in [1.29, 1.82) is 0 Å². The highest BCUT2D eigenvalue weighted by molar-refractivity contribution is 5.95. The third kappa shape index (κ3) is 8.52. The number of aromatic nitrogens is 2. The number of morpholine rings is 2. The predicted octanol–water partition coefficient (Wildman–Crippen LogP) is 3.38. The molecule has 5 aliphatic rings. The number of amides is 1. The van der Waals surface area contributed by atoms with Gasteiger partial charge in [-0.1, -0.05) is 13.8 Å². The van der Waals surface area contributed by atoms with Crippen molar-refractivity contribution in [2.45, 2.75) is 89.5 Å². The van der Waals surface area contributed by atoms with E-state index in [0.717, 1.165) is 24.5 Å². The molecule has 58 heavy (non-hydrogen) atoms. The van der Waals surface area contributed by atoms with Gasteiger partial charge < -0.3 is 39.4 Å². The zero-order valence-electron chi connectivity index (χ0n) is 33.5. The van der Waals surface area contributed by atoms with Crippen LogP contribution in [-0.2, 0) is 36.8 Å². The fourth-order valence-corrected chi connectivity index (χ4v) is 9.27. The molecule has 7 heterocycles. The average molecular weight is 813 g/mol. The number of esters is 1. The lowest BCUT2D eigenvalue weighted by atomic mass is 9.84. The molecule has 0 radical (unpaired) electrons. The Morgan fingerprint density at radius 1 is 1.05 bits per heavy atom. The van der Waals surface area contributed by atoms with Gasteiger partial charge in [0.1, 0.15) is 12.6 Å². The molecule has 4 N–H and O–H groups in total. The summed E-state index contributed by atoms with van der Waals surface area (Å²) < 4.78 is 63.5. The molecule has 0 unspecified atom stereocenters. The minimum atomic E-state index is -4.59. The number of nitrogens with zero attached hydrogens (tertiary/aromatic N) is 6. The lowest BCUT2D eigenvalue weighted by Crippen LogP contribution is -2.59. The quantitative estimate of drug-likeness (QED) is 0.332. The maximum Gasteiger partial charge on any atom is 0.406 e. The third-order valence-corrected chi connectivity index (χ3v) is 12.2. The third-order valence-electron chi connectivity index (χ3n) is 12.2. The molecule has 1 amide bonds. The highest BCUT2D eigenvalue weighted by Gasteiger charge is 2.38. The van der Waals surface area contributed by atoms with Gasteiger partial charge in [-0.25, -0.2) is 5.43 Å². The number of carbonyl (C=O) groups is 2. The number of aliphatic hydroxyl groups is 1. The summed E-state index contributed by atoms with van der Waals surface area (Å²) in [6, 6.07) is 5.90. The van der Waals surface area contributed by atoms with Crippen LogP contribution in [0.15, 0.2) is 30.5 Å². The van der Waals surface area contributed by atoms with Gasteiger partial charge in [0.05, 0.1) is 74.0 Å². The van der Waals surface area contributed by atoms with Crippen LogP contribution in [0.4, 0.5) is 24.5 Å². The number of nitrogens with two attached hydrogens (primary N) is 1. The Balaban J connectivity index is 1.28. The van der Waals surface area contributed by atoms with E-state index in [0.29, 0.717) is 93.1 Å². The lowest BCUT2D eigenvalue weighted by Gasteiger charge is -2.44. The van der Waals surface area contributed by atoms with Gasteiger partial charge in [0.2, 0.25) is 0 Å². The fraction of sp³-hybridized carbons (Fsp3) is 0.634. The number of hydrogen-bond donors (Lipinski definition) is 3. The molecule has 5 atom stereocenters. The van der Waals surface area contributed by atoms with Gasteiger partial charge in [-0.3, -0.25) is 24.5 Å². The summed E-state index contributed by atoms with van der Waals surface area (Å²) in [6.07, 6.45) is -2.86. The number of nitrogens with one attached hydrogen (secondary N) is 1. The number of pyridine rings is 1. The number of benzene rings is 1. The molecule has 3 aromatic rings. The van der Waals surface area contributed by atoms with Crippen molar-refractivity contribution < 1.29 is 42.1 Å². The number of anilines is 2. The molecule has 1 aromatic carbocycles. The van der Waals surface area contributed by atoms with Crippen LogP contribution in [0, 0.1) is 5.41 Å². The Morgan fingerprint density at radius 2 is 1.86 bits per heavy atom. The van der Waals surface area contributed by atoms with E-state index in [9.17, 15) is 27.9 Å². The molecule has 0 spiro atoms. The minimum Gasteiger partial charge on any atom is -0.464 e. The van der Waals surface area contributed by atoms with E-state index in [4.69, 9.17) is 24.9 Å². The fourth-order valence-electron chi connectivity index (χ4n) is 9.27. The Hall–Kier alpha value is -4.00. The summed E-state index contributed by atoms with van der Waals surface area (Å²) >= 11 is 0. The number of carbonyl (C=O) groups excluding carboxylic acids is 2. The van der Waals surface area contributed by atoms with E-state index in [2.05, 4.69) is 20.1 Å². The number of alkyl halides is 3. The SMILES string of the molecule is C[C@H](O)c1ncc(N2CCN3CCOC[C@@H]3C2)cc1-c1c2c3cc(ccc3n1CC(F)(F)F)N1CCO[C@@H](C[C@H](N)C(=O)N3CCC[C@H](N3)C(=O)OCC(C)(C)C2)C1. The highest BCUT2D eigenvalue weighted by Crippen LogP contribution is 2.44. The summed E-state index contributed by atoms with van der Waals surface area (Å²) in [5.41, 5.74) is 12.3. The largest absolute Gasteiger partial charge is 0.464 e. The normalized spacial score (nSPS) is 26.9. The standard InChI is InChI=1S/C41H55F3N8O6/c1-25(53)36-31(16-27(19-46-36)49-10-9-48-11-13-56-22-28(48)20-49)37-32-18-40(2,3)24-58-39(55)34-5-4-8-52(47-34)38(54)33(45)17-29-21-50(12-14-57-29)26-6-7-35(30(32)15-26)51(37)23-41(42,43)44/h6-7,15-16,19,25,28-29,33-34,47,53H,4-5,8-14,17-18,20-24,45H2,1-3H3/t25-,28-,29-,33-,34-/m0/s1. The first-order chi connectivity index (χ1) is 27.6. The molecule has 316 valence electrons. The van der Waals surface area contributed by atoms with Crippen molar-refractivity contribution in [3.8, 4) is 11.3 Å². The second kappa shape index (κ2) is 16.2. The molecule has 17 heteroatoms. The van der Waals surface area contributed by atoms with E-state index in [1.54, 1.807) is 19.2 Å². The van der Waals surface area contributed by atoms with Gasteiger partial charge in [0.15, 0.2) is 0 Å². The van der Waals surface area contributed by atoms with Crippen molar-refractivity contribution in [2.75, 3.05) is 82.0 Å². The van der Waals surface area contributed by atoms with Gasteiger partial charge in [-0.2, -0.15) is 13.2 Å². The van der Waals surface area contributed by atoms with Crippen LogP contribution >= 0.6 is 0 Å². The molecular weight excluding hydrogens is 757 g/mol. The number of hydrazine groups is 1. The van der Waals surface area contributed by atoms with Crippen molar-refractivity contribution in [3.05, 3.63) is 41.7 Å². The molecule has 8 rings (SSSR count). The van der Waals surface area contributed by atoms with Gasteiger partial charge in [-0.05, 0) is 62.4 Å². The van der Waals surface area contributed by atoms with Gasteiger partial charge in [-0.15, -0.1) is 0 Å². The summed E-state index contributed by atoms with van der Waals surface area (Å²) in [7, 11) is 0. The van der Waals surface area contributed by atoms with Crippen LogP contribution in [0.25, 0.3) is 22.2 Å². The van der Waals surface area contributed by atoms with Crippen LogP contribution in [-0.4, -0.2) is 139 Å². The number of rotatable bonds is 4. The summed E-state index contributed by atoms with van der Waals surface area (Å²) in [5.74, 6) is -0.852. The van der Waals surface area contributed by atoms with E-state index in [1.807, 2.05) is 32.0 Å². The molecule has 0 aliphatic carbocycles. The molecule has 2 aromatic heterocycles. The number of ether oxygens (including phenoxy) is 3. The minimum absolute atomic E-state index is 0.0387. The lowest BCUT2D eigenvalue weighted by molar-refractivity contribution is -0.155. The van der Waals surface area contributed by atoms with E-state index >= 15 is 0 Å². The summed E-state index contributed by atoms with van der Waals surface area (Å²) in [6.45, 7) is 10.2. The molecule has 4 saturated heterocycles. The Morgan fingerprint density at radius 3 is 2.66 bits per heavy atom. The molecule has 6 bridgehead atoms. The van der Waals surface area contributed by atoms with Crippen molar-refractivity contribution in [2.24, 2.45) is 11.1 Å². The first-order valence-corrected chi connectivity index (χ1v) is 20.5. The Bertz CT molecular complexity index is 2010. The van der Waals surface area contributed by atoms with Crippen LogP contribution < -0.4 is 21.0 Å². The van der Waals surface area contributed by atoms with E-state index in [1.165, 1.54) is 9.58 Å². The van der Waals surface area contributed by atoms with E-state index in [-0.39, 0.29) is 43.2 Å². The summed E-state index contributed by atoms with van der Waals surface area (Å²) in [5, 5.41) is 13.2. The van der Waals surface area contributed by atoms with Crippen LogP contribution in [0.5, 0.6) is 0 Å². The second-order valence-electron chi connectivity index (χ2n) is 17.3. The predicted molar refractivity (Wildman–Crippen MR) is 211 cm³/mol. The Kier molecular flexibility index (Phi) is 11.4. The molecule has 0 saturated carbocycles.